The maximum Gasteiger partial charge on any atom is 0.263 e. The van der Waals surface area contributed by atoms with Gasteiger partial charge in [0.25, 0.3) is 5.91 Å². The van der Waals surface area contributed by atoms with Crippen LogP contribution in [-0.2, 0) is 6.42 Å². The molecule has 0 saturated heterocycles. The summed E-state index contributed by atoms with van der Waals surface area (Å²) in [7, 11) is 0. The first-order chi connectivity index (χ1) is 6.65. The van der Waals surface area contributed by atoms with Gasteiger partial charge in [0.05, 0.1) is 11.2 Å². The average Bonchev–Trinajstić information content (AvgIpc) is 2.61. The molecule has 0 spiro atoms. The molecule has 1 rings (SSSR count). The molecule has 3 nitrogen and oxygen atoms in total. The smallest absolute Gasteiger partial charge is 0.263 e. The van der Waals surface area contributed by atoms with Gasteiger partial charge in [0.15, 0.2) is 0 Å². The molecule has 0 unspecified atom stereocenters. The number of rotatable bonds is 4. The summed E-state index contributed by atoms with van der Waals surface area (Å²) < 4.78 is 0. The highest BCUT2D eigenvalue weighted by molar-refractivity contribution is 7.11. The SMILES string of the molecule is CCc1ncsc1C(=O)NCC(C)C. The molecule has 14 heavy (non-hydrogen) atoms. The summed E-state index contributed by atoms with van der Waals surface area (Å²) in [6.07, 6.45) is 0.813. The second kappa shape index (κ2) is 5.10. The number of hydrogen-bond acceptors (Lipinski definition) is 3. The lowest BCUT2D eigenvalue weighted by Gasteiger charge is -2.06. The van der Waals surface area contributed by atoms with Crippen LogP contribution in [0.1, 0.15) is 36.1 Å². The molecule has 1 N–H and O–H groups in total. The van der Waals surface area contributed by atoms with Crippen molar-refractivity contribution >= 4 is 17.2 Å². The van der Waals surface area contributed by atoms with E-state index < -0.39 is 0 Å². The van der Waals surface area contributed by atoms with Crippen LogP contribution in [0.3, 0.4) is 0 Å². The molecule has 1 heterocycles. The largest absolute Gasteiger partial charge is 0.351 e. The minimum absolute atomic E-state index is 0.0121. The van der Waals surface area contributed by atoms with Crippen LogP contribution < -0.4 is 5.32 Å². The van der Waals surface area contributed by atoms with Crippen molar-refractivity contribution in [2.45, 2.75) is 27.2 Å². The fourth-order valence-electron chi connectivity index (χ4n) is 1.08. The minimum atomic E-state index is 0.0121. The van der Waals surface area contributed by atoms with Gasteiger partial charge in [-0.3, -0.25) is 4.79 Å². The third-order valence-corrected chi connectivity index (χ3v) is 2.72. The number of aromatic nitrogens is 1. The zero-order valence-electron chi connectivity index (χ0n) is 8.83. The molecule has 78 valence electrons. The zero-order valence-corrected chi connectivity index (χ0v) is 9.65. The van der Waals surface area contributed by atoms with E-state index in [1.807, 2.05) is 6.92 Å². The Balaban J connectivity index is 2.60. The Labute approximate surface area is 88.6 Å². The standard InChI is InChI=1S/C10H16N2OS/c1-4-8-9(14-6-12-8)10(13)11-5-7(2)3/h6-7H,4-5H2,1-3H3,(H,11,13). The minimum Gasteiger partial charge on any atom is -0.351 e. The van der Waals surface area contributed by atoms with Crippen LogP contribution in [-0.4, -0.2) is 17.4 Å². The monoisotopic (exact) mass is 212 g/mol. The molecular weight excluding hydrogens is 196 g/mol. The van der Waals surface area contributed by atoms with E-state index in [0.717, 1.165) is 23.5 Å². The van der Waals surface area contributed by atoms with Crippen molar-refractivity contribution in [3.8, 4) is 0 Å². The van der Waals surface area contributed by atoms with Crippen molar-refractivity contribution in [3.63, 3.8) is 0 Å². The Morgan fingerprint density at radius 2 is 2.36 bits per heavy atom. The van der Waals surface area contributed by atoms with Crippen LogP contribution >= 0.6 is 11.3 Å². The fraction of sp³-hybridized carbons (Fsp3) is 0.600. The van der Waals surface area contributed by atoms with Gasteiger partial charge in [-0.25, -0.2) is 4.98 Å². The number of carbonyl (C=O) groups excluding carboxylic acids is 1. The lowest BCUT2D eigenvalue weighted by atomic mass is 10.2. The van der Waals surface area contributed by atoms with Crippen molar-refractivity contribution in [2.75, 3.05) is 6.54 Å². The van der Waals surface area contributed by atoms with E-state index in [9.17, 15) is 4.79 Å². The Morgan fingerprint density at radius 3 is 2.93 bits per heavy atom. The number of carbonyl (C=O) groups is 1. The summed E-state index contributed by atoms with van der Waals surface area (Å²) >= 11 is 1.41. The van der Waals surface area contributed by atoms with Gasteiger partial charge in [-0.15, -0.1) is 11.3 Å². The molecule has 0 saturated carbocycles. The lowest BCUT2D eigenvalue weighted by Crippen LogP contribution is -2.27. The van der Waals surface area contributed by atoms with Crippen LogP contribution in [0.15, 0.2) is 5.51 Å². The predicted molar refractivity (Wildman–Crippen MR) is 58.7 cm³/mol. The Hall–Kier alpha value is -0.900. The van der Waals surface area contributed by atoms with Gasteiger partial charge in [0.2, 0.25) is 0 Å². The van der Waals surface area contributed by atoms with Crippen LogP contribution in [0.4, 0.5) is 0 Å². The Kier molecular flexibility index (Phi) is 4.07. The van der Waals surface area contributed by atoms with E-state index in [4.69, 9.17) is 0 Å². The molecule has 0 atom stereocenters. The number of aryl methyl sites for hydroxylation is 1. The fourth-order valence-corrected chi connectivity index (χ4v) is 1.88. The molecule has 0 bridgehead atoms. The highest BCUT2D eigenvalue weighted by Gasteiger charge is 2.12. The predicted octanol–water partition coefficient (Wildman–Crippen LogP) is 2.09. The van der Waals surface area contributed by atoms with Gasteiger partial charge in [-0.05, 0) is 12.3 Å². The van der Waals surface area contributed by atoms with Gasteiger partial charge >= 0.3 is 0 Å². The first-order valence-electron chi connectivity index (χ1n) is 4.85. The van der Waals surface area contributed by atoms with E-state index in [1.165, 1.54) is 11.3 Å². The van der Waals surface area contributed by atoms with Crippen LogP contribution in [0, 0.1) is 5.92 Å². The van der Waals surface area contributed by atoms with Crippen molar-refractivity contribution < 1.29 is 4.79 Å². The summed E-state index contributed by atoms with van der Waals surface area (Å²) in [4.78, 5) is 16.5. The molecule has 4 heteroatoms. The van der Waals surface area contributed by atoms with E-state index in [2.05, 4.69) is 24.1 Å². The number of thiazole rings is 1. The summed E-state index contributed by atoms with van der Waals surface area (Å²) in [6, 6.07) is 0. The zero-order chi connectivity index (χ0) is 10.6. The Morgan fingerprint density at radius 1 is 1.64 bits per heavy atom. The maximum absolute atomic E-state index is 11.6. The second-order valence-electron chi connectivity index (χ2n) is 3.59. The molecule has 0 aliphatic heterocycles. The first-order valence-corrected chi connectivity index (χ1v) is 5.73. The quantitative estimate of drug-likeness (QED) is 0.830. The molecule has 1 aromatic rings. The summed E-state index contributed by atoms with van der Waals surface area (Å²) in [6.45, 7) is 6.88. The van der Waals surface area contributed by atoms with E-state index >= 15 is 0 Å². The van der Waals surface area contributed by atoms with Gasteiger partial charge in [-0.1, -0.05) is 20.8 Å². The highest BCUT2D eigenvalue weighted by Crippen LogP contribution is 2.13. The van der Waals surface area contributed by atoms with E-state index in [0.29, 0.717) is 5.92 Å². The van der Waals surface area contributed by atoms with Crippen LogP contribution in [0.2, 0.25) is 0 Å². The summed E-state index contributed by atoms with van der Waals surface area (Å²) in [5.41, 5.74) is 2.62. The molecule has 0 fully saturated rings. The molecular formula is C10H16N2OS. The number of amides is 1. The Bertz CT molecular complexity index is 307. The average molecular weight is 212 g/mol. The van der Waals surface area contributed by atoms with Crippen molar-refractivity contribution in [1.29, 1.82) is 0 Å². The number of nitrogens with one attached hydrogen (secondary N) is 1. The third kappa shape index (κ3) is 2.80. The van der Waals surface area contributed by atoms with Crippen LogP contribution in [0.5, 0.6) is 0 Å². The van der Waals surface area contributed by atoms with Crippen LogP contribution in [0.25, 0.3) is 0 Å². The maximum atomic E-state index is 11.6. The lowest BCUT2D eigenvalue weighted by molar-refractivity contribution is 0.0952. The van der Waals surface area contributed by atoms with Gasteiger partial charge in [0, 0.05) is 6.54 Å². The molecule has 0 radical (unpaired) electrons. The van der Waals surface area contributed by atoms with Crippen molar-refractivity contribution in [3.05, 3.63) is 16.1 Å². The summed E-state index contributed by atoms with van der Waals surface area (Å²) in [5, 5.41) is 2.89. The highest BCUT2D eigenvalue weighted by atomic mass is 32.1. The molecule has 0 aromatic carbocycles. The molecule has 0 aliphatic rings. The number of hydrogen-bond donors (Lipinski definition) is 1. The van der Waals surface area contributed by atoms with Gasteiger partial charge in [-0.2, -0.15) is 0 Å². The number of nitrogens with zero attached hydrogens (tertiary/aromatic N) is 1. The summed E-state index contributed by atoms with van der Waals surface area (Å²) in [5.74, 6) is 0.495. The van der Waals surface area contributed by atoms with Gasteiger partial charge in [0.1, 0.15) is 4.88 Å². The van der Waals surface area contributed by atoms with Crippen molar-refractivity contribution in [2.24, 2.45) is 5.92 Å². The normalized spacial score (nSPS) is 10.6. The third-order valence-electron chi connectivity index (χ3n) is 1.85. The van der Waals surface area contributed by atoms with Crippen molar-refractivity contribution in [1.82, 2.24) is 10.3 Å². The van der Waals surface area contributed by atoms with Gasteiger partial charge < -0.3 is 5.32 Å². The first kappa shape index (κ1) is 11.2. The molecule has 1 aromatic heterocycles. The van der Waals surface area contributed by atoms with E-state index in [-0.39, 0.29) is 5.91 Å². The topological polar surface area (TPSA) is 42.0 Å². The van der Waals surface area contributed by atoms with E-state index in [1.54, 1.807) is 5.51 Å². The molecule has 0 aliphatic carbocycles. The second-order valence-corrected chi connectivity index (χ2v) is 4.44. The molecule has 1 amide bonds.